The van der Waals surface area contributed by atoms with E-state index >= 15 is 8.78 Å². The summed E-state index contributed by atoms with van der Waals surface area (Å²) in [4.78, 5) is 73.0. The molecular formula is C46H53F2N5O8. The van der Waals surface area contributed by atoms with Crippen LogP contribution in [0.5, 0.6) is 5.75 Å². The molecule has 5 rings (SSSR count). The number of aromatic nitrogens is 1. The third kappa shape index (κ3) is 13.2. The van der Waals surface area contributed by atoms with Crippen LogP contribution < -0.4 is 20.7 Å². The van der Waals surface area contributed by atoms with E-state index < -0.39 is 59.9 Å². The van der Waals surface area contributed by atoms with Crippen LogP contribution in [0, 0.1) is 11.8 Å². The number of hydrogen-bond donors (Lipinski definition) is 3. The van der Waals surface area contributed by atoms with Crippen molar-refractivity contribution in [3.05, 3.63) is 131 Å². The lowest BCUT2D eigenvalue weighted by Gasteiger charge is -2.28. The van der Waals surface area contributed by atoms with Crippen molar-refractivity contribution >= 4 is 29.4 Å². The summed E-state index contributed by atoms with van der Waals surface area (Å²) in [5.41, 5.74) is 2.33. The van der Waals surface area contributed by atoms with E-state index in [4.69, 9.17) is 14.2 Å². The van der Waals surface area contributed by atoms with Crippen LogP contribution in [0.4, 0.5) is 8.78 Å². The average Bonchev–Trinajstić information content (AvgIpc) is 3.27. The Morgan fingerprint density at radius 2 is 1.38 bits per heavy atom. The molecule has 4 aromatic rings. The summed E-state index contributed by atoms with van der Waals surface area (Å²) in [5.74, 6) is -10.7. The molecule has 4 amide bonds. The molecule has 0 bridgehead atoms. The average molecular weight is 842 g/mol. The molecule has 0 spiro atoms. The molecule has 1 fully saturated rings. The lowest BCUT2D eigenvalue weighted by Crippen LogP contribution is -2.60. The predicted molar refractivity (Wildman–Crippen MR) is 223 cm³/mol. The van der Waals surface area contributed by atoms with Crippen LogP contribution in [-0.2, 0) is 43.5 Å². The molecule has 3 aromatic carbocycles. The summed E-state index contributed by atoms with van der Waals surface area (Å²) in [6, 6.07) is 23.7. The Labute approximate surface area is 354 Å². The van der Waals surface area contributed by atoms with Gasteiger partial charge in [-0.3, -0.25) is 29.0 Å². The molecule has 3 N–H and O–H groups in total. The van der Waals surface area contributed by atoms with E-state index in [2.05, 4.69) is 20.9 Å². The van der Waals surface area contributed by atoms with Gasteiger partial charge in [0.15, 0.2) is 0 Å². The number of rotatable bonds is 20. The van der Waals surface area contributed by atoms with Crippen LogP contribution in [-0.4, -0.2) is 96.3 Å². The van der Waals surface area contributed by atoms with Gasteiger partial charge in [-0.05, 0) is 52.8 Å². The van der Waals surface area contributed by atoms with Gasteiger partial charge in [0.2, 0.25) is 11.7 Å². The van der Waals surface area contributed by atoms with E-state index in [0.29, 0.717) is 37.6 Å². The quantitative estimate of drug-likeness (QED) is 0.102. The number of carbonyl (C=O) groups is 5. The summed E-state index contributed by atoms with van der Waals surface area (Å²) in [6.07, 6.45) is 0.787. The molecule has 61 heavy (non-hydrogen) atoms. The van der Waals surface area contributed by atoms with E-state index in [1.165, 1.54) is 18.3 Å². The van der Waals surface area contributed by atoms with Crippen molar-refractivity contribution in [1.29, 1.82) is 0 Å². The van der Waals surface area contributed by atoms with Gasteiger partial charge < -0.3 is 35.1 Å². The van der Waals surface area contributed by atoms with Crippen molar-refractivity contribution in [3.8, 4) is 5.75 Å². The number of nitrogens with one attached hydrogen (secondary N) is 3. The minimum Gasteiger partial charge on any atom is -0.489 e. The molecule has 3 unspecified atom stereocenters. The van der Waals surface area contributed by atoms with Crippen LogP contribution in [0.2, 0.25) is 0 Å². The number of ether oxygens (including phenoxy) is 3. The second-order valence-corrected chi connectivity index (χ2v) is 15.5. The number of benzene rings is 3. The first kappa shape index (κ1) is 46.0. The van der Waals surface area contributed by atoms with Gasteiger partial charge in [0.25, 0.3) is 17.7 Å². The number of Topliss-reactive ketones (excluding diaryl/α,β-unsaturated/α-hetero) is 1. The van der Waals surface area contributed by atoms with E-state index in [1.807, 2.05) is 60.7 Å². The summed E-state index contributed by atoms with van der Waals surface area (Å²) < 4.78 is 49.0. The van der Waals surface area contributed by atoms with Crippen LogP contribution in [0.25, 0.3) is 0 Å². The minimum atomic E-state index is -4.58. The van der Waals surface area contributed by atoms with Gasteiger partial charge in [0.1, 0.15) is 24.1 Å². The van der Waals surface area contributed by atoms with Crippen molar-refractivity contribution < 1.29 is 47.0 Å². The fourth-order valence-electron chi connectivity index (χ4n) is 6.38. The van der Waals surface area contributed by atoms with Gasteiger partial charge in [0.05, 0.1) is 44.1 Å². The van der Waals surface area contributed by atoms with Gasteiger partial charge in [-0.15, -0.1) is 0 Å². The second-order valence-electron chi connectivity index (χ2n) is 15.5. The van der Waals surface area contributed by atoms with Crippen molar-refractivity contribution in [1.82, 2.24) is 25.8 Å². The van der Waals surface area contributed by atoms with Gasteiger partial charge in [-0.2, -0.15) is 8.78 Å². The van der Waals surface area contributed by atoms with Crippen LogP contribution in [0.3, 0.4) is 0 Å². The summed E-state index contributed by atoms with van der Waals surface area (Å²) in [7, 11) is 0. The molecule has 1 saturated heterocycles. The maximum Gasteiger partial charge on any atom is 0.383 e. The van der Waals surface area contributed by atoms with E-state index in [-0.39, 0.29) is 42.9 Å². The number of amides is 4. The summed E-state index contributed by atoms with van der Waals surface area (Å²) in [6.45, 7) is 8.70. The SMILES string of the molecule is CC(C)C(COCc1ccccc1)NC(=O)C(F)(F)C(=O)C(Cc1ccc(OCc2ccccc2)cc1)NC(=O)C(NC(=O)c1ccc(C(=O)N2CCOCC2)nc1)C(C)C. The molecule has 1 aliphatic rings. The largest absolute Gasteiger partial charge is 0.489 e. The third-order valence-electron chi connectivity index (χ3n) is 10.1. The van der Waals surface area contributed by atoms with Gasteiger partial charge in [0, 0.05) is 25.7 Å². The topological polar surface area (TPSA) is 165 Å². The predicted octanol–water partition coefficient (Wildman–Crippen LogP) is 5.18. The van der Waals surface area contributed by atoms with Crippen LogP contribution >= 0.6 is 0 Å². The third-order valence-corrected chi connectivity index (χ3v) is 10.1. The maximum atomic E-state index is 16.1. The summed E-state index contributed by atoms with van der Waals surface area (Å²) >= 11 is 0. The second kappa shape index (κ2) is 22.0. The Morgan fingerprint density at radius 1 is 0.754 bits per heavy atom. The molecule has 3 atom stereocenters. The number of halogens is 2. The standard InChI is InChI=1S/C46H53F2N5O8/c1-30(2)39(29-60-27-33-11-7-5-8-12-33)51-45(58)46(47,48)41(54)38(25-32-15-18-36(19-16-32)61-28-34-13-9-6-10-14-34)50-43(56)40(31(3)4)52-42(55)35-17-20-37(49-26-35)44(57)53-21-23-59-24-22-53/h5-20,26,30-31,38-40H,21-25,27-29H2,1-4H3,(H,50,56)(H,51,58)(H,52,55). The highest BCUT2D eigenvalue weighted by molar-refractivity contribution is 6.11. The fraction of sp³-hybridized carbons (Fsp3) is 0.391. The Balaban J connectivity index is 1.31. The molecule has 1 aliphatic heterocycles. The highest BCUT2D eigenvalue weighted by Gasteiger charge is 2.51. The van der Waals surface area contributed by atoms with Gasteiger partial charge >= 0.3 is 5.92 Å². The minimum absolute atomic E-state index is 0.0369. The van der Waals surface area contributed by atoms with E-state index in [9.17, 15) is 24.0 Å². The zero-order valence-corrected chi connectivity index (χ0v) is 34.8. The van der Waals surface area contributed by atoms with E-state index in [1.54, 1.807) is 56.9 Å². The first-order valence-electron chi connectivity index (χ1n) is 20.3. The Morgan fingerprint density at radius 3 is 1.95 bits per heavy atom. The number of carbonyl (C=O) groups excluding carboxylic acids is 5. The molecule has 2 heterocycles. The number of hydrogen-bond acceptors (Lipinski definition) is 9. The zero-order valence-electron chi connectivity index (χ0n) is 34.8. The highest BCUT2D eigenvalue weighted by Crippen LogP contribution is 2.23. The Bertz CT molecular complexity index is 2060. The van der Waals surface area contributed by atoms with Crippen molar-refractivity contribution in [2.45, 2.75) is 71.4 Å². The molecule has 0 saturated carbocycles. The number of ketones is 1. The number of pyridine rings is 1. The monoisotopic (exact) mass is 841 g/mol. The van der Waals surface area contributed by atoms with Gasteiger partial charge in [-0.1, -0.05) is 100 Å². The van der Waals surface area contributed by atoms with Crippen molar-refractivity contribution in [2.75, 3.05) is 32.9 Å². The molecule has 0 aliphatic carbocycles. The fourth-order valence-corrected chi connectivity index (χ4v) is 6.38. The Kier molecular flexibility index (Phi) is 16.6. The first-order valence-corrected chi connectivity index (χ1v) is 20.3. The molecule has 13 nitrogen and oxygen atoms in total. The van der Waals surface area contributed by atoms with Gasteiger partial charge in [-0.25, -0.2) is 0 Å². The number of nitrogens with zero attached hydrogens (tertiary/aromatic N) is 2. The summed E-state index contributed by atoms with van der Waals surface area (Å²) in [5, 5.41) is 7.32. The van der Waals surface area contributed by atoms with Crippen molar-refractivity contribution in [3.63, 3.8) is 0 Å². The number of morpholine rings is 1. The molecule has 0 radical (unpaired) electrons. The smallest absolute Gasteiger partial charge is 0.383 e. The van der Waals surface area contributed by atoms with Crippen LogP contribution in [0.1, 0.15) is 65.2 Å². The lowest BCUT2D eigenvalue weighted by molar-refractivity contribution is -0.161. The molecular weight excluding hydrogens is 789 g/mol. The molecule has 1 aromatic heterocycles. The van der Waals surface area contributed by atoms with Crippen molar-refractivity contribution in [2.24, 2.45) is 11.8 Å². The number of alkyl halides is 2. The van der Waals surface area contributed by atoms with E-state index in [0.717, 1.165) is 11.1 Å². The zero-order chi connectivity index (χ0) is 43.9. The highest BCUT2D eigenvalue weighted by atomic mass is 19.3. The Hall–Kier alpha value is -6.06. The van der Waals surface area contributed by atoms with Crippen LogP contribution in [0.15, 0.2) is 103 Å². The molecule has 15 heteroatoms. The normalized spacial score (nSPS) is 14.5. The first-order chi connectivity index (χ1) is 29.2. The lowest BCUT2D eigenvalue weighted by atomic mass is 9.95. The maximum absolute atomic E-state index is 16.1. The molecule has 324 valence electrons.